The highest BCUT2D eigenvalue weighted by Crippen LogP contribution is 2.21. The van der Waals surface area contributed by atoms with Crippen LogP contribution in [0.1, 0.15) is 37.8 Å². The predicted molar refractivity (Wildman–Crippen MR) is 65.4 cm³/mol. The highest BCUT2D eigenvalue weighted by atomic mass is 32.2. The van der Waals surface area contributed by atoms with Gasteiger partial charge in [0.1, 0.15) is 11.6 Å². The van der Waals surface area contributed by atoms with Crippen molar-refractivity contribution in [3.8, 4) is 0 Å². The van der Waals surface area contributed by atoms with Gasteiger partial charge in [-0.1, -0.05) is 6.92 Å². The largest absolute Gasteiger partial charge is 0.396 e. The predicted octanol–water partition coefficient (Wildman–Crippen LogP) is 1.62. The molecule has 0 saturated carbocycles. The molecule has 2 rings (SSSR count). The number of thioether (sulfide) groups is 1. The second kappa shape index (κ2) is 5.68. The van der Waals surface area contributed by atoms with Crippen molar-refractivity contribution in [3.05, 3.63) is 11.6 Å². The Bertz CT molecular complexity index is 340. The number of nitrogens with zero attached hydrogens (tertiary/aromatic N) is 3. The zero-order chi connectivity index (χ0) is 11.4. The van der Waals surface area contributed by atoms with Crippen LogP contribution in [0.5, 0.6) is 0 Å². The summed E-state index contributed by atoms with van der Waals surface area (Å²) in [6, 6.07) is 0. The van der Waals surface area contributed by atoms with E-state index in [1.54, 1.807) is 0 Å². The molecule has 0 fully saturated rings. The summed E-state index contributed by atoms with van der Waals surface area (Å²) in [4.78, 5) is 0. The maximum atomic E-state index is 8.84. The summed E-state index contributed by atoms with van der Waals surface area (Å²) in [6.45, 7) is 3.49. The molecule has 16 heavy (non-hydrogen) atoms. The maximum absolute atomic E-state index is 8.84. The molecule has 2 heterocycles. The van der Waals surface area contributed by atoms with Gasteiger partial charge in [0.15, 0.2) is 0 Å². The van der Waals surface area contributed by atoms with E-state index in [0.29, 0.717) is 5.25 Å². The van der Waals surface area contributed by atoms with Crippen molar-refractivity contribution in [1.82, 2.24) is 14.8 Å². The minimum atomic E-state index is 0.270. The molecule has 1 aromatic rings. The number of aryl methyl sites for hydroxylation is 1. The molecule has 0 spiro atoms. The molecule has 4 nitrogen and oxygen atoms in total. The van der Waals surface area contributed by atoms with E-state index in [-0.39, 0.29) is 6.61 Å². The first-order chi connectivity index (χ1) is 7.81. The van der Waals surface area contributed by atoms with Crippen LogP contribution in [0.15, 0.2) is 0 Å². The molecular weight excluding hydrogens is 222 g/mol. The Morgan fingerprint density at radius 3 is 3.12 bits per heavy atom. The van der Waals surface area contributed by atoms with E-state index in [9.17, 15) is 0 Å². The SMILES string of the molecule is CC(CCO)SCc1nnc2n1CCCC2. The molecule has 0 saturated heterocycles. The molecule has 1 N–H and O–H groups in total. The molecule has 0 amide bonds. The Labute approximate surface area is 100 Å². The van der Waals surface area contributed by atoms with Crippen LogP contribution >= 0.6 is 11.8 Å². The lowest BCUT2D eigenvalue weighted by molar-refractivity contribution is 0.289. The number of aliphatic hydroxyl groups excluding tert-OH is 1. The van der Waals surface area contributed by atoms with Gasteiger partial charge in [-0.25, -0.2) is 0 Å². The topological polar surface area (TPSA) is 50.9 Å². The van der Waals surface area contributed by atoms with Gasteiger partial charge in [-0.15, -0.1) is 10.2 Å². The molecule has 0 bridgehead atoms. The lowest BCUT2D eigenvalue weighted by Gasteiger charge is -2.15. The van der Waals surface area contributed by atoms with Crippen molar-refractivity contribution in [3.63, 3.8) is 0 Å². The molecule has 1 aliphatic rings. The Morgan fingerprint density at radius 2 is 2.31 bits per heavy atom. The third-order valence-corrected chi connectivity index (χ3v) is 4.20. The second-order valence-corrected chi connectivity index (χ2v) is 5.70. The summed E-state index contributed by atoms with van der Waals surface area (Å²) in [5.74, 6) is 3.16. The second-order valence-electron chi connectivity index (χ2n) is 4.28. The van der Waals surface area contributed by atoms with Crippen LogP contribution in [0.2, 0.25) is 0 Å². The molecule has 0 aromatic carbocycles. The first kappa shape index (κ1) is 11.9. The van der Waals surface area contributed by atoms with Crippen LogP contribution in [-0.2, 0) is 18.7 Å². The van der Waals surface area contributed by atoms with E-state index >= 15 is 0 Å². The number of hydrogen-bond acceptors (Lipinski definition) is 4. The minimum absolute atomic E-state index is 0.270. The fourth-order valence-corrected chi connectivity index (χ4v) is 2.88. The Balaban J connectivity index is 1.92. The molecular formula is C11H19N3OS. The minimum Gasteiger partial charge on any atom is -0.396 e. The number of fused-ring (bicyclic) bond motifs is 1. The number of rotatable bonds is 5. The summed E-state index contributed by atoms with van der Waals surface area (Å²) in [5, 5.41) is 17.8. The average Bonchev–Trinajstić information content (AvgIpc) is 2.70. The van der Waals surface area contributed by atoms with Crippen LogP contribution in [0, 0.1) is 0 Å². The molecule has 1 aliphatic heterocycles. The summed E-state index contributed by atoms with van der Waals surface area (Å²) in [7, 11) is 0. The lowest BCUT2D eigenvalue weighted by Crippen LogP contribution is -2.13. The molecule has 5 heteroatoms. The van der Waals surface area contributed by atoms with Gasteiger partial charge >= 0.3 is 0 Å². The Morgan fingerprint density at radius 1 is 1.44 bits per heavy atom. The van der Waals surface area contributed by atoms with Crippen molar-refractivity contribution in [2.24, 2.45) is 0 Å². The molecule has 0 radical (unpaired) electrons. The highest BCUT2D eigenvalue weighted by Gasteiger charge is 2.16. The molecule has 1 atom stereocenters. The molecule has 90 valence electrons. The van der Waals surface area contributed by atoms with E-state index in [1.165, 1.54) is 12.8 Å². The third-order valence-electron chi connectivity index (χ3n) is 2.97. The lowest BCUT2D eigenvalue weighted by atomic mass is 10.2. The van der Waals surface area contributed by atoms with Crippen LogP contribution in [0.4, 0.5) is 0 Å². The summed E-state index contributed by atoms with van der Waals surface area (Å²) in [5.41, 5.74) is 0. The highest BCUT2D eigenvalue weighted by molar-refractivity contribution is 7.99. The van der Waals surface area contributed by atoms with Crippen molar-refractivity contribution < 1.29 is 5.11 Å². The van der Waals surface area contributed by atoms with Gasteiger partial charge in [-0.2, -0.15) is 11.8 Å². The van der Waals surface area contributed by atoms with E-state index < -0.39 is 0 Å². The fourth-order valence-electron chi connectivity index (χ4n) is 1.96. The summed E-state index contributed by atoms with van der Waals surface area (Å²) in [6.07, 6.45) is 4.41. The van der Waals surface area contributed by atoms with Crippen molar-refractivity contribution in [2.45, 2.75) is 50.2 Å². The maximum Gasteiger partial charge on any atom is 0.143 e. The van der Waals surface area contributed by atoms with Crippen LogP contribution < -0.4 is 0 Å². The first-order valence-electron chi connectivity index (χ1n) is 5.94. The summed E-state index contributed by atoms with van der Waals surface area (Å²) < 4.78 is 2.27. The first-order valence-corrected chi connectivity index (χ1v) is 6.99. The summed E-state index contributed by atoms with van der Waals surface area (Å²) >= 11 is 1.85. The number of aliphatic hydroxyl groups is 1. The van der Waals surface area contributed by atoms with E-state index in [2.05, 4.69) is 21.7 Å². The van der Waals surface area contributed by atoms with Crippen molar-refractivity contribution in [2.75, 3.05) is 6.61 Å². The van der Waals surface area contributed by atoms with Crippen LogP contribution in [0.25, 0.3) is 0 Å². The smallest absolute Gasteiger partial charge is 0.143 e. The number of aromatic nitrogens is 3. The van der Waals surface area contributed by atoms with Gasteiger partial charge < -0.3 is 9.67 Å². The zero-order valence-electron chi connectivity index (χ0n) is 9.72. The van der Waals surface area contributed by atoms with Crippen molar-refractivity contribution in [1.29, 1.82) is 0 Å². The quantitative estimate of drug-likeness (QED) is 0.851. The monoisotopic (exact) mass is 241 g/mol. The van der Waals surface area contributed by atoms with Gasteiger partial charge in [0.05, 0.1) is 5.75 Å². The Hall–Kier alpha value is -0.550. The zero-order valence-corrected chi connectivity index (χ0v) is 10.5. The van der Waals surface area contributed by atoms with E-state index in [0.717, 1.165) is 36.8 Å². The van der Waals surface area contributed by atoms with Gasteiger partial charge in [-0.05, 0) is 19.3 Å². The molecule has 1 aromatic heterocycles. The third kappa shape index (κ3) is 2.77. The van der Waals surface area contributed by atoms with Gasteiger partial charge in [-0.3, -0.25) is 0 Å². The molecule has 0 aliphatic carbocycles. The molecule has 1 unspecified atom stereocenters. The normalized spacial score (nSPS) is 17.1. The van der Waals surface area contributed by atoms with E-state index in [1.807, 2.05) is 11.8 Å². The van der Waals surface area contributed by atoms with E-state index in [4.69, 9.17) is 5.11 Å². The standard InChI is InChI=1S/C11H19N3OS/c1-9(5-7-15)16-8-11-13-12-10-4-2-3-6-14(10)11/h9,15H,2-8H2,1H3. The van der Waals surface area contributed by atoms with Crippen LogP contribution in [0.3, 0.4) is 0 Å². The van der Waals surface area contributed by atoms with Gasteiger partial charge in [0.2, 0.25) is 0 Å². The number of hydrogen-bond donors (Lipinski definition) is 1. The van der Waals surface area contributed by atoms with Crippen LogP contribution in [-0.4, -0.2) is 31.7 Å². The Kier molecular flexibility index (Phi) is 4.23. The fraction of sp³-hybridized carbons (Fsp3) is 0.818. The van der Waals surface area contributed by atoms with Gasteiger partial charge in [0.25, 0.3) is 0 Å². The van der Waals surface area contributed by atoms with Crippen molar-refractivity contribution >= 4 is 11.8 Å². The van der Waals surface area contributed by atoms with Gasteiger partial charge in [0, 0.05) is 24.8 Å². The average molecular weight is 241 g/mol.